The molecule has 0 radical (unpaired) electrons. The number of halogens is 1. The maximum atomic E-state index is 14.2. The van der Waals surface area contributed by atoms with E-state index >= 15 is 0 Å². The van der Waals surface area contributed by atoms with Gasteiger partial charge in [-0.15, -0.1) is 21.5 Å². The zero-order valence-corrected chi connectivity index (χ0v) is 17.1. The summed E-state index contributed by atoms with van der Waals surface area (Å²) in [6.45, 7) is 0.893. The Labute approximate surface area is 177 Å². The number of nitrogens with two attached hydrogens (primary N) is 1. The first-order chi connectivity index (χ1) is 14.6. The largest absolute Gasteiger partial charge is 0.368 e. The quantitative estimate of drug-likeness (QED) is 0.504. The van der Waals surface area contributed by atoms with E-state index in [9.17, 15) is 9.18 Å². The first kappa shape index (κ1) is 20.3. The molecule has 4 N–H and O–H groups in total. The van der Waals surface area contributed by atoms with E-state index in [4.69, 9.17) is 5.73 Å². The summed E-state index contributed by atoms with van der Waals surface area (Å²) in [5, 5.41) is 15.2. The molecular weight excluding hydrogens is 405 g/mol. The van der Waals surface area contributed by atoms with Crippen LogP contribution < -0.4 is 16.4 Å². The zero-order valence-electron chi connectivity index (χ0n) is 16.3. The van der Waals surface area contributed by atoms with Crippen molar-refractivity contribution < 1.29 is 9.18 Å². The summed E-state index contributed by atoms with van der Waals surface area (Å²) in [5.74, 6) is 0.144. The molecule has 10 heteroatoms. The highest BCUT2D eigenvalue weighted by atomic mass is 32.1. The van der Waals surface area contributed by atoms with Gasteiger partial charge >= 0.3 is 0 Å². The van der Waals surface area contributed by atoms with Crippen LogP contribution in [0, 0.1) is 5.82 Å². The van der Waals surface area contributed by atoms with Crippen molar-refractivity contribution in [1.82, 2.24) is 25.5 Å². The lowest BCUT2D eigenvalue weighted by Crippen LogP contribution is -2.42. The van der Waals surface area contributed by atoms with Crippen molar-refractivity contribution in [3.63, 3.8) is 0 Å². The van der Waals surface area contributed by atoms with Crippen molar-refractivity contribution in [1.29, 1.82) is 0 Å². The summed E-state index contributed by atoms with van der Waals surface area (Å²) >= 11 is 1.43. The Bertz CT molecular complexity index is 1020. The molecule has 0 aromatic carbocycles. The number of rotatable bonds is 8. The summed E-state index contributed by atoms with van der Waals surface area (Å²) in [7, 11) is 0. The van der Waals surface area contributed by atoms with Crippen LogP contribution >= 0.6 is 11.3 Å². The van der Waals surface area contributed by atoms with E-state index in [1.54, 1.807) is 18.5 Å². The van der Waals surface area contributed by atoms with Gasteiger partial charge in [0.15, 0.2) is 0 Å². The van der Waals surface area contributed by atoms with Crippen LogP contribution in [0.1, 0.15) is 29.8 Å². The van der Waals surface area contributed by atoms with Crippen molar-refractivity contribution >= 4 is 23.1 Å². The molecule has 0 spiro atoms. The lowest BCUT2D eigenvalue weighted by atomic mass is 9.66. The number of hydrogen-bond acceptors (Lipinski definition) is 8. The van der Waals surface area contributed by atoms with Gasteiger partial charge in [0.2, 0.25) is 5.91 Å². The van der Waals surface area contributed by atoms with Gasteiger partial charge in [-0.25, -0.2) is 9.37 Å². The Balaban J connectivity index is 1.39. The van der Waals surface area contributed by atoms with Crippen molar-refractivity contribution in [2.24, 2.45) is 5.73 Å². The smallest absolute Gasteiger partial charge is 0.234 e. The van der Waals surface area contributed by atoms with Gasteiger partial charge in [0.25, 0.3) is 0 Å². The van der Waals surface area contributed by atoms with Gasteiger partial charge in [-0.3, -0.25) is 9.78 Å². The van der Waals surface area contributed by atoms with E-state index in [0.717, 1.165) is 29.1 Å². The molecule has 3 aromatic rings. The topological polar surface area (TPSA) is 119 Å². The maximum absolute atomic E-state index is 14.2. The highest BCUT2D eigenvalue weighted by Gasteiger charge is 2.41. The first-order valence-electron chi connectivity index (χ1n) is 9.70. The number of aromatic nitrogens is 4. The molecule has 0 atom stereocenters. The molecule has 30 heavy (non-hydrogen) atoms. The molecule has 0 aliphatic heterocycles. The summed E-state index contributed by atoms with van der Waals surface area (Å²) < 4.78 is 14.2. The van der Waals surface area contributed by atoms with Crippen molar-refractivity contribution in [3.05, 3.63) is 53.0 Å². The fraction of sp³-hybridized carbons (Fsp3) is 0.350. The fourth-order valence-corrected chi connectivity index (χ4v) is 4.26. The van der Waals surface area contributed by atoms with Crippen LogP contribution in [-0.2, 0) is 16.8 Å². The third kappa shape index (κ3) is 4.29. The van der Waals surface area contributed by atoms with Crippen LogP contribution in [0.25, 0.3) is 10.7 Å². The van der Waals surface area contributed by atoms with E-state index in [2.05, 4.69) is 30.8 Å². The molecule has 1 fully saturated rings. The molecule has 3 heterocycles. The Hall–Kier alpha value is -2.98. The van der Waals surface area contributed by atoms with E-state index < -0.39 is 0 Å². The summed E-state index contributed by atoms with van der Waals surface area (Å²) in [4.78, 5) is 20.8. The second-order valence-corrected chi connectivity index (χ2v) is 8.35. The number of nitrogens with zero attached hydrogens (tertiary/aromatic N) is 4. The van der Waals surface area contributed by atoms with Gasteiger partial charge in [0.05, 0.1) is 18.8 Å². The molecule has 156 valence electrons. The lowest BCUT2D eigenvalue weighted by molar-refractivity contribution is -0.119. The zero-order chi connectivity index (χ0) is 21.0. The molecule has 8 nitrogen and oxygen atoms in total. The van der Waals surface area contributed by atoms with Crippen LogP contribution in [0.4, 0.5) is 10.2 Å². The second-order valence-electron chi connectivity index (χ2n) is 7.24. The lowest BCUT2D eigenvalue weighted by Gasteiger charge is -2.41. The monoisotopic (exact) mass is 427 g/mol. The van der Waals surface area contributed by atoms with Gasteiger partial charge in [-0.2, -0.15) is 0 Å². The maximum Gasteiger partial charge on any atom is 0.234 e. The summed E-state index contributed by atoms with van der Waals surface area (Å²) in [6, 6.07) is 6.74. The molecule has 0 unspecified atom stereocenters. The molecule has 1 aliphatic carbocycles. The van der Waals surface area contributed by atoms with Crippen LogP contribution in [0.15, 0.2) is 36.7 Å². The molecular formula is C20H22FN7OS. The van der Waals surface area contributed by atoms with Gasteiger partial charge < -0.3 is 16.4 Å². The second kappa shape index (κ2) is 8.80. The third-order valence-electron chi connectivity index (χ3n) is 5.26. The minimum absolute atomic E-state index is 0.0418. The Morgan fingerprint density at radius 2 is 2.10 bits per heavy atom. The minimum Gasteiger partial charge on any atom is -0.368 e. The van der Waals surface area contributed by atoms with E-state index in [0.29, 0.717) is 30.3 Å². The normalized spacial score (nSPS) is 14.7. The number of carbonyl (C=O) groups is 1. The van der Waals surface area contributed by atoms with E-state index in [1.807, 2.05) is 12.1 Å². The number of carbonyl (C=O) groups excluding carboxylic acids is 1. The predicted molar refractivity (Wildman–Crippen MR) is 112 cm³/mol. The number of amides is 1. The Kier molecular flexibility index (Phi) is 5.96. The number of nitrogens with one attached hydrogen (secondary N) is 2. The highest BCUT2D eigenvalue weighted by Crippen LogP contribution is 2.43. The SMILES string of the molecule is NCC(=O)NCc1cnc(-c2ccc(NCC3(c4ncccc4F)CCC3)nn2)s1. The van der Waals surface area contributed by atoms with Gasteiger partial charge in [-0.05, 0) is 37.1 Å². The Morgan fingerprint density at radius 3 is 2.77 bits per heavy atom. The minimum atomic E-state index is -0.302. The highest BCUT2D eigenvalue weighted by molar-refractivity contribution is 7.15. The molecule has 4 rings (SSSR count). The summed E-state index contributed by atoms with van der Waals surface area (Å²) in [5.41, 5.74) is 6.15. The average Bonchev–Trinajstić information content (AvgIpc) is 3.22. The van der Waals surface area contributed by atoms with E-state index in [-0.39, 0.29) is 23.7 Å². The average molecular weight is 428 g/mol. The van der Waals surface area contributed by atoms with Crippen LogP contribution in [0.3, 0.4) is 0 Å². The molecule has 1 saturated carbocycles. The first-order valence-corrected chi connectivity index (χ1v) is 10.5. The van der Waals surface area contributed by atoms with Gasteiger partial charge in [-0.1, -0.05) is 6.42 Å². The molecule has 3 aromatic heterocycles. The number of hydrogen-bond donors (Lipinski definition) is 3. The Morgan fingerprint density at radius 1 is 1.23 bits per heavy atom. The molecule has 0 bridgehead atoms. The number of pyridine rings is 1. The molecule has 1 amide bonds. The van der Waals surface area contributed by atoms with Crippen LogP contribution in [0.2, 0.25) is 0 Å². The molecule has 0 saturated heterocycles. The summed E-state index contributed by atoms with van der Waals surface area (Å²) in [6.07, 6.45) is 6.17. The van der Waals surface area contributed by atoms with Crippen LogP contribution in [-0.4, -0.2) is 39.2 Å². The standard InChI is InChI=1S/C20H22FN7OS/c21-14-3-1-8-23-18(14)20(6-2-7-20)12-26-16-5-4-15(27-28-16)19-25-11-13(30-19)10-24-17(29)9-22/h1,3-5,8,11H,2,6-7,9-10,12,22H2,(H,24,29)(H,26,28). The molecule has 1 aliphatic rings. The van der Waals surface area contributed by atoms with Gasteiger partial charge in [0, 0.05) is 29.2 Å². The van der Waals surface area contributed by atoms with Crippen molar-refractivity contribution in [2.45, 2.75) is 31.2 Å². The number of thiazole rings is 1. The third-order valence-corrected chi connectivity index (χ3v) is 6.28. The van der Waals surface area contributed by atoms with E-state index in [1.165, 1.54) is 17.4 Å². The van der Waals surface area contributed by atoms with Crippen molar-refractivity contribution in [2.75, 3.05) is 18.4 Å². The van der Waals surface area contributed by atoms with Crippen molar-refractivity contribution in [3.8, 4) is 10.7 Å². The predicted octanol–water partition coefficient (Wildman–Crippen LogP) is 2.24. The van der Waals surface area contributed by atoms with Gasteiger partial charge in [0.1, 0.15) is 22.3 Å². The van der Waals surface area contributed by atoms with Crippen LogP contribution in [0.5, 0.6) is 0 Å². The fourth-order valence-electron chi connectivity index (χ4n) is 3.44. The number of anilines is 1.